The van der Waals surface area contributed by atoms with E-state index in [1.807, 2.05) is 24.3 Å². The fraction of sp³-hybridized carbons (Fsp3) is 0. The zero-order valence-corrected chi connectivity index (χ0v) is 9.22. The third-order valence-corrected chi connectivity index (χ3v) is 2.66. The standard InChI is InChI=1S/C12H8N4O2/c17-16(18)10-7-5-9(6-8-10)15-12-4-2-1-3-11(12)13-14-15/h1-8H. The number of nitro groups is 1. The van der Waals surface area contributed by atoms with Crippen LogP contribution >= 0.6 is 0 Å². The van der Waals surface area contributed by atoms with E-state index in [0.717, 1.165) is 16.7 Å². The van der Waals surface area contributed by atoms with Gasteiger partial charge < -0.3 is 0 Å². The number of hydrogen-bond donors (Lipinski definition) is 0. The fourth-order valence-electron chi connectivity index (χ4n) is 1.78. The van der Waals surface area contributed by atoms with Gasteiger partial charge in [0.25, 0.3) is 5.69 Å². The summed E-state index contributed by atoms with van der Waals surface area (Å²) in [6.07, 6.45) is 0. The molecule has 6 nitrogen and oxygen atoms in total. The predicted molar refractivity (Wildman–Crippen MR) is 65.5 cm³/mol. The molecule has 0 atom stereocenters. The first-order valence-corrected chi connectivity index (χ1v) is 5.31. The van der Waals surface area contributed by atoms with E-state index < -0.39 is 4.92 Å². The Hall–Kier alpha value is -2.76. The zero-order chi connectivity index (χ0) is 12.5. The second-order valence-electron chi connectivity index (χ2n) is 3.76. The Kier molecular flexibility index (Phi) is 2.26. The van der Waals surface area contributed by atoms with Crippen LogP contribution in [-0.2, 0) is 0 Å². The minimum atomic E-state index is -0.427. The first kappa shape index (κ1) is 10.4. The highest BCUT2D eigenvalue weighted by molar-refractivity contribution is 5.75. The summed E-state index contributed by atoms with van der Waals surface area (Å²) in [4.78, 5) is 10.2. The van der Waals surface area contributed by atoms with E-state index in [2.05, 4.69) is 10.3 Å². The Bertz CT molecular complexity index is 718. The van der Waals surface area contributed by atoms with Gasteiger partial charge in [-0.15, -0.1) is 5.10 Å². The molecule has 3 rings (SSSR count). The van der Waals surface area contributed by atoms with Gasteiger partial charge in [-0.05, 0) is 24.3 Å². The molecule has 18 heavy (non-hydrogen) atoms. The van der Waals surface area contributed by atoms with Gasteiger partial charge in [0.15, 0.2) is 0 Å². The Morgan fingerprint density at radius 1 is 1.06 bits per heavy atom. The number of para-hydroxylation sites is 1. The summed E-state index contributed by atoms with van der Waals surface area (Å²) < 4.78 is 1.65. The molecular formula is C12H8N4O2. The minimum Gasteiger partial charge on any atom is -0.258 e. The van der Waals surface area contributed by atoms with Gasteiger partial charge in [-0.3, -0.25) is 10.1 Å². The molecule has 2 aromatic carbocycles. The number of rotatable bonds is 2. The van der Waals surface area contributed by atoms with Gasteiger partial charge in [0.1, 0.15) is 5.52 Å². The summed E-state index contributed by atoms with van der Waals surface area (Å²) in [5.74, 6) is 0. The van der Waals surface area contributed by atoms with E-state index in [0.29, 0.717) is 0 Å². The van der Waals surface area contributed by atoms with Crippen LogP contribution in [-0.4, -0.2) is 19.9 Å². The van der Waals surface area contributed by atoms with Gasteiger partial charge >= 0.3 is 0 Å². The Labute approximate surface area is 102 Å². The summed E-state index contributed by atoms with van der Waals surface area (Å²) in [5, 5.41) is 18.7. The van der Waals surface area contributed by atoms with Gasteiger partial charge in [0, 0.05) is 12.1 Å². The highest BCUT2D eigenvalue weighted by Crippen LogP contribution is 2.18. The largest absolute Gasteiger partial charge is 0.269 e. The number of hydrogen-bond acceptors (Lipinski definition) is 4. The molecule has 88 valence electrons. The van der Waals surface area contributed by atoms with Gasteiger partial charge in [-0.2, -0.15) is 0 Å². The molecule has 3 aromatic rings. The topological polar surface area (TPSA) is 73.8 Å². The number of nitro benzene ring substituents is 1. The molecule has 0 saturated carbocycles. The Morgan fingerprint density at radius 2 is 1.78 bits per heavy atom. The van der Waals surface area contributed by atoms with Crippen molar-refractivity contribution < 1.29 is 4.92 Å². The number of aromatic nitrogens is 3. The van der Waals surface area contributed by atoms with E-state index in [4.69, 9.17) is 0 Å². The molecule has 0 aliphatic carbocycles. The lowest BCUT2D eigenvalue weighted by atomic mass is 10.2. The molecule has 0 N–H and O–H groups in total. The molecule has 6 heteroatoms. The molecule has 0 spiro atoms. The normalized spacial score (nSPS) is 10.7. The predicted octanol–water partition coefficient (Wildman–Crippen LogP) is 2.33. The maximum Gasteiger partial charge on any atom is 0.269 e. The maximum absolute atomic E-state index is 10.6. The quantitative estimate of drug-likeness (QED) is 0.509. The van der Waals surface area contributed by atoms with E-state index in [-0.39, 0.29) is 5.69 Å². The molecular weight excluding hydrogens is 232 g/mol. The van der Waals surface area contributed by atoms with Gasteiger partial charge in [-0.25, -0.2) is 4.68 Å². The first-order chi connectivity index (χ1) is 8.75. The summed E-state index contributed by atoms with van der Waals surface area (Å²) in [7, 11) is 0. The average molecular weight is 240 g/mol. The maximum atomic E-state index is 10.6. The van der Waals surface area contributed by atoms with Crippen molar-refractivity contribution in [1.29, 1.82) is 0 Å². The van der Waals surface area contributed by atoms with Crippen LogP contribution in [0.25, 0.3) is 16.7 Å². The molecule has 0 radical (unpaired) electrons. The van der Waals surface area contributed by atoms with Crippen LogP contribution in [0.2, 0.25) is 0 Å². The lowest BCUT2D eigenvalue weighted by molar-refractivity contribution is -0.384. The highest BCUT2D eigenvalue weighted by atomic mass is 16.6. The molecule has 0 unspecified atom stereocenters. The van der Waals surface area contributed by atoms with Crippen LogP contribution in [0.4, 0.5) is 5.69 Å². The summed E-state index contributed by atoms with van der Waals surface area (Å²) >= 11 is 0. The molecule has 0 aliphatic heterocycles. The molecule has 0 fully saturated rings. The number of nitrogens with zero attached hydrogens (tertiary/aromatic N) is 4. The Balaban J connectivity index is 2.12. The van der Waals surface area contributed by atoms with Crippen molar-refractivity contribution in [3.05, 3.63) is 58.6 Å². The molecule has 0 saturated heterocycles. The minimum absolute atomic E-state index is 0.0585. The van der Waals surface area contributed by atoms with Gasteiger partial charge in [-0.1, -0.05) is 17.3 Å². The SMILES string of the molecule is O=[N+]([O-])c1ccc(-n2nnc3ccccc32)cc1. The second-order valence-corrected chi connectivity index (χ2v) is 3.76. The van der Waals surface area contributed by atoms with E-state index >= 15 is 0 Å². The third kappa shape index (κ3) is 1.60. The van der Waals surface area contributed by atoms with Crippen LogP contribution in [0.5, 0.6) is 0 Å². The molecule has 0 amide bonds. The molecule has 0 aliphatic rings. The number of fused-ring (bicyclic) bond motifs is 1. The van der Waals surface area contributed by atoms with Crippen molar-refractivity contribution in [2.45, 2.75) is 0 Å². The Morgan fingerprint density at radius 3 is 2.50 bits per heavy atom. The zero-order valence-electron chi connectivity index (χ0n) is 9.22. The lowest BCUT2D eigenvalue weighted by Gasteiger charge is -2.01. The smallest absolute Gasteiger partial charge is 0.258 e. The number of non-ortho nitro benzene ring substituents is 1. The van der Waals surface area contributed by atoms with Crippen molar-refractivity contribution in [3.63, 3.8) is 0 Å². The van der Waals surface area contributed by atoms with Crippen molar-refractivity contribution >= 4 is 16.7 Å². The van der Waals surface area contributed by atoms with E-state index in [9.17, 15) is 10.1 Å². The van der Waals surface area contributed by atoms with E-state index in [1.165, 1.54) is 12.1 Å². The van der Waals surface area contributed by atoms with Crippen molar-refractivity contribution in [3.8, 4) is 5.69 Å². The van der Waals surface area contributed by atoms with Crippen molar-refractivity contribution in [1.82, 2.24) is 15.0 Å². The van der Waals surface area contributed by atoms with Gasteiger partial charge in [0.2, 0.25) is 0 Å². The highest BCUT2D eigenvalue weighted by Gasteiger charge is 2.08. The summed E-state index contributed by atoms with van der Waals surface area (Å²) in [6, 6.07) is 13.8. The van der Waals surface area contributed by atoms with Crippen LogP contribution in [0.1, 0.15) is 0 Å². The van der Waals surface area contributed by atoms with Crippen molar-refractivity contribution in [2.24, 2.45) is 0 Å². The van der Waals surface area contributed by atoms with E-state index in [1.54, 1.807) is 16.8 Å². The second kappa shape index (κ2) is 3.92. The van der Waals surface area contributed by atoms with Crippen LogP contribution in [0.15, 0.2) is 48.5 Å². The molecule has 1 aromatic heterocycles. The van der Waals surface area contributed by atoms with Crippen LogP contribution in [0.3, 0.4) is 0 Å². The molecule has 1 heterocycles. The number of benzene rings is 2. The third-order valence-electron chi connectivity index (χ3n) is 2.66. The van der Waals surface area contributed by atoms with Crippen molar-refractivity contribution in [2.75, 3.05) is 0 Å². The van der Waals surface area contributed by atoms with Crippen LogP contribution < -0.4 is 0 Å². The van der Waals surface area contributed by atoms with Gasteiger partial charge in [0.05, 0.1) is 16.1 Å². The average Bonchev–Trinajstić information content (AvgIpc) is 2.82. The first-order valence-electron chi connectivity index (χ1n) is 5.31. The monoisotopic (exact) mass is 240 g/mol. The summed E-state index contributed by atoms with van der Waals surface area (Å²) in [6.45, 7) is 0. The summed E-state index contributed by atoms with van der Waals surface area (Å²) in [5.41, 5.74) is 2.46. The van der Waals surface area contributed by atoms with Crippen LogP contribution in [0, 0.1) is 10.1 Å². The fourth-order valence-corrected chi connectivity index (χ4v) is 1.78. The lowest BCUT2D eigenvalue weighted by Crippen LogP contribution is -1.96. The molecule has 0 bridgehead atoms.